The lowest BCUT2D eigenvalue weighted by molar-refractivity contribution is -0.125. The van der Waals surface area contributed by atoms with Crippen molar-refractivity contribution in [3.63, 3.8) is 0 Å². The van der Waals surface area contributed by atoms with Gasteiger partial charge in [0.05, 0.1) is 27.9 Å². The zero-order valence-electron chi connectivity index (χ0n) is 17.8. The standard InChI is InChI=1S/C24H21ClFN3O3S/c1-16(30)24-13-17-14-27-29(21-7-5-20(26)6-8-21)23(17)11-18(24)9-10-28(15-24)33(31,32)22-4-2-3-19(25)12-22/h2-8,11-12,14H,9-10,13,15H2,1H3/t24-/m1/s1. The van der Waals surface area contributed by atoms with E-state index in [1.807, 2.05) is 6.08 Å². The highest BCUT2D eigenvalue weighted by atomic mass is 35.5. The van der Waals surface area contributed by atoms with Crippen molar-refractivity contribution in [2.24, 2.45) is 5.41 Å². The molecule has 3 aromatic rings. The van der Waals surface area contributed by atoms with Crippen LogP contribution in [0, 0.1) is 11.2 Å². The fourth-order valence-electron chi connectivity index (χ4n) is 4.75. The molecule has 2 aromatic carbocycles. The summed E-state index contributed by atoms with van der Waals surface area (Å²) in [6.07, 6.45) is 4.42. The number of fused-ring (bicyclic) bond motifs is 2. The van der Waals surface area contributed by atoms with Crippen molar-refractivity contribution in [3.05, 3.63) is 82.4 Å². The van der Waals surface area contributed by atoms with Gasteiger partial charge >= 0.3 is 0 Å². The number of Topliss-reactive ketones (excluding diaryl/α,β-unsaturated/α-hetero) is 1. The molecule has 9 heteroatoms. The van der Waals surface area contributed by atoms with Crippen LogP contribution >= 0.6 is 11.6 Å². The Hall–Kier alpha value is -2.81. The second kappa shape index (κ2) is 7.90. The monoisotopic (exact) mass is 485 g/mol. The van der Waals surface area contributed by atoms with Crippen LogP contribution in [0.1, 0.15) is 24.6 Å². The molecule has 2 aliphatic rings. The average Bonchev–Trinajstić information content (AvgIpc) is 3.19. The van der Waals surface area contributed by atoms with Crippen LogP contribution in [0.5, 0.6) is 0 Å². The first kappa shape index (κ1) is 22.0. The van der Waals surface area contributed by atoms with Crippen LogP contribution in [0.4, 0.5) is 4.39 Å². The van der Waals surface area contributed by atoms with Crippen molar-refractivity contribution in [2.45, 2.75) is 24.7 Å². The maximum absolute atomic E-state index is 13.4. The number of ketones is 1. The number of hydrogen-bond acceptors (Lipinski definition) is 4. The maximum Gasteiger partial charge on any atom is 0.243 e. The van der Waals surface area contributed by atoms with E-state index in [0.29, 0.717) is 23.6 Å². The van der Waals surface area contributed by atoms with Crippen LogP contribution in [0.3, 0.4) is 0 Å². The third kappa shape index (κ3) is 3.62. The number of piperidine rings is 1. The number of halogens is 2. The molecular weight excluding hydrogens is 465 g/mol. The van der Waals surface area contributed by atoms with Gasteiger partial charge in [0.2, 0.25) is 10.0 Å². The van der Waals surface area contributed by atoms with E-state index in [1.54, 1.807) is 35.1 Å². The smallest absolute Gasteiger partial charge is 0.243 e. The molecule has 0 saturated carbocycles. The van der Waals surface area contributed by atoms with Crippen LogP contribution in [0.2, 0.25) is 5.02 Å². The minimum Gasteiger partial charge on any atom is -0.299 e. The SMILES string of the molecule is CC(=O)[C@]12Cc3cnn(-c4ccc(F)cc4)c3C=C1CCN(S(=O)(=O)c1cccc(Cl)c1)C2. The van der Waals surface area contributed by atoms with E-state index in [9.17, 15) is 17.6 Å². The number of carbonyl (C=O) groups excluding carboxylic acids is 1. The van der Waals surface area contributed by atoms with Gasteiger partial charge in [0.25, 0.3) is 0 Å². The Balaban J connectivity index is 1.53. The van der Waals surface area contributed by atoms with Crippen molar-refractivity contribution in [2.75, 3.05) is 13.1 Å². The molecule has 1 aromatic heterocycles. The Morgan fingerprint density at radius 2 is 1.94 bits per heavy atom. The molecule has 1 aliphatic heterocycles. The van der Waals surface area contributed by atoms with E-state index in [1.165, 1.54) is 35.5 Å². The number of nitrogens with zero attached hydrogens (tertiary/aromatic N) is 3. The van der Waals surface area contributed by atoms with Crippen LogP contribution in [0.25, 0.3) is 11.8 Å². The summed E-state index contributed by atoms with van der Waals surface area (Å²) >= 11 is 6.02. The minimum absolute atomic E-state index is 0.0597. The third-order valence-corrected chi connectivity index (χ3v) is 8.64. The van der Waals surface area contributed by atoms with Crippen molar-refractivity contribution in [1.29, 1.82) is 0 Å². The molecule has 0 N–H and O–H groups in total. The van der Waals surface area contributed by atoms with Gasteiger partial charge < -0.3 is 0 Å². The van der Waals surface area contributed by atoms with E-state index in [4.69, 9.17) is 11.6 Å². The summed E-state index contributed by atoms with van der Waals surface area (Å²) in [6.45, 7) is 1.83. The number of rotatable bonds is 4. The first-order valence-corrected chi connectivity index (χ1v) is 12.3. The van der Waals surface area contributed by atoms with E-state index < -0.39 is 15.4 Å². The third-order valence-electron chi connectivity index (χ3n) is 6.56. The lowest BCUT2D eigenvalue weighted by Crippen LogP contribution is -2.52. The van der Waals surface area contributed by atoms with E-state index in [2.05, 4.69) is 5.10 Å². The Morgan fingerprint density at radius 3 is 2.64 bits per heavy atom. The summed E-state index contributed by atoms with van der Waals surface area (Å²) < 4.78 is 43.1. The van der Waals surface area contributed by atoms with Gasteiger partial charge in [0, 0.05) is 18.1 Å². The molecule has 33 heavy (non-hydrogen) atoms. The van der Waals surface area contributed by atoms with Gasteiger partial charge in [-0.05, 0) is 73.9 Å². The Kier molecular flexibility index (Phi) is 5.27. The largest absolute Gasteiger partial charge is 0.299 e. The highest BCUT2D eigenvalue weighted by Gasteiger charge is 2.49. The van der Waals surface area contributed by atoms with Crippen molar-refractivity contribution >= 4 is 33.5 Å². The zero-order chi connectivity index (χ0) is 23.4. The first-order valence-electron chi connectivity index (χ1n) is 10.5. The fourth-order valence-corrected chi connectivity index (χ4v) is 6.55. The molecule has 0 radical (unpaired) electrons. The van der Waals surface area contributed by atoms with Gasteiger partial charge in [-0.1, -0.05) is 23.2 Å². The van der Waals surface area contributed by atoms with Gasteiger partial charge in [-0.2, -0.15) is 9.40 Å². The zero-order valence-corrected chi connectivity index (χ0v) is 19.4. The molecule has 0 spiro atoms. The van der Waals surface area contributed by atoms with Gasteiger partial charge in [-0.3, -0.25) is 4.79 Å². The molecule has 1 saturated heterocycles. The van der Waals surface area contributed by atoms with Crippen LogP contribution in [0.15, 0.2) is 65.2 Å². The molecule has 0 amide bonds. The second-order valence-corrected chi connectivity index (χ2v) is 10.8. The van der Waals surface area contributed by atoms with Crippen LogP contribution in [-0.4, -0.2) is 41.4 Å². The molecule has 1 atom stereocenters. The molecule has 6 nitrogen and oxygen atoms in total. The van der Waals surface area contributed by atoms with Gasteiger partial charge in [0.15, 0.2) is 0 Å². The Bertz CT molecular complexity index is 1400. The lowest BCUT2D eigenvalue weighted by Gasteiger charge is -2.44. The van der Waals surface area contributed by atoms with Crippen molar-refractivity contribution < 1.29 is 17.6 Å². The average molecular weight is 486 g/mol. The number of sulfonamides is 1. The van der Waals surface area contributed by atoms with E-state index >= 15 is 0 Å². The number of hydrogen-bond donors (Lipinski definition) is 0. The van der Waals surface area contributed by atoms with Crippen LogP contribution in [-0.2, 0) is 21.2 Å². The number of aromatic nitrogens is 2. The highest BCUT2D eigenvalue weighted by Crippen LogP contribution is 2.46. The molecular formula is C24H21ClFN3O3S. The molecule has 0 bridgehead atoms. The van der Waals surface area contributed by atoms with Gasteiger partial charge in [-0.15, -0.1) is 0 Å². The van der Waals surface area contributed by atoms with Crippen LogP contribution < -0.4 is 0 Å². The summed E-state index contributed by atoms with van der Waals surface area (Å²) in [5.74, 6) is -0.415. The quantitative estimate of drug-likeness (QED) is 0.553. The summed E-state index contributed by atoms with van der Waals surface area (Å²) in [7, 11) is -3.81. The summed E-state index contributed by atoms with van der Waals surface area (Å²) in [5.41, 5.74) is 2.34. The number of benzene rings is 2. The van der Waals surface area contributed by atoms with Gasteiger partial charge in [-0.25, -0.2) is 17.5 Å². The predicted octanol–water partition coefficient (Wildman–Crippen LogP) is 4.27. The highest BCUT2D eigenvalue weighted by molar-refractivity contribution is 7.89. The Labute approximate surface area is 196 Å². The second-order valence-electron chi connectivity index (χ2n) is 8.47. The number of carbonyl (C=O) groups is 1. The van der Waals surface area contributed by atoms with Gasteiger partial charge in [0.1, 0.15) is 11.6 Å². The molecule has 1 fully saturated rings. The molecule has 1 aliphatic carbocycles. The van der Waals surface area contributed by atoms with E-state index in [-0.39, 0.29) is 29.6 Å². The molecule has 2 heterocycles. The normalized spacial score (nSPS) is 20.6. The summed E-state index contributed by atoms with van der Waals surface area (Å²) in [5, 5.41) is 4.80. The lowest BCUT2D eigenvalue weighted by atomic mass is 9.66. The van der Waals surface area contributed by atoms with E-state index in [0.717, 1.165) is 16.8 Å². The van der Waals surface area contributed by atoms with Crippen molar-refractivity contribution in [3.8, 4) is 5.69 Å². The molecule has 0 unspecified atom stereocenters. The summed E-state index contributed by atoms with van der Waals surface area (Å²) in [6, 6.07) is 12.2. The summed E-state index contributed by atoms with van der Waals surface area (Å²) in [4.78, 5) is 13.1. The van der Waals surface area contributed by atoms with Crippen molar-refractivity contribution in [1.82, 2.24) is 14.1 Å². The fraction of sp³-hybridized carbons (Fsp3) is 0.250. The molecule has 170 valence electrons. The minimum atomic E-state index is -3.81. The topological polar surface area (TPSA) is 72.3 Å². The Morgan fingerprint density at radius 1 is 1.18 bits per heavy atom. The first-order chi connectivity index (χ1) is 15.7. The molecule has 5 rings (SSSR count). The maximum atomic E-state index is 13.4. The predicted molar refractivity (Wildman–Crippen MR) is 123 cm³/mol.